The zero-order chi connectivity index (χ0) is 16.3. The van der Waals surface area contributed by atoms with Crippen LogP contribution in [-0.2, 0) is 17.5 Å². The highest BCUT2D eigenvalue weighted by molar-refractivity contribution is 7.15. The van der Waals surface area contributed by atoms with E-state index in [1.54, 1.807) is 0 Å². The van der Waals surface area contributed by atoms with Crippen molar-refractivity contribution in [1.29, 1.82) is 0 Å². The van der Waals surface area contributed by atoms with Crippen molar-refractivity contribution in [2.45, 2.75) is 12.7 Å². The number of alkyl halides is 3. The Morgan fingerprint density at radius 3 is 2.68 bits per heavy atom. The van der Waals surface area contributed by atoms with Crippen LogP contribution in [0.25, 0.3) is 0 Å². The highest BCUT2D eigenvalue weighted by Crippen LogP contribution is 2.29. The molecule has 0 amide bonds. The summed E-state index contributed by atoms with van der Waals surface area (Å²) in [7, 11) is 0. The zero-order valence-electron chi connectivity index (χ0n) is 10.8. The summed E-state index contributed by atoms with van der Waals surface area (Å²) in [6, 6.07) is 3.33. The summed E-state index contributed by atoms with van der Waals surface area (Å²) in [5, 5.41) is 8.93. The molecule has 0 atom stereocenters. The Kier molecular flexibility index (Phi) is 4.87. The summed E-state index contributed by atoms with van der Waals surface area (Å²) < 4.78 is 38.4. The standard InChI is InChI=1S/C12H9ClF3N3O2S/c13-11-17-4-7(22-11)5-19(6-10(20)21)9-3-1-2-8(18-9)12(14,15)16/h1-4H,5-6H2,(H,20,21). The second-order valence-electron chi connectivity index (χ2n) is 4.21. The van der Waals surface area contributed by atoms with E-state index in [1.165, 1.54) is 23.2 Å². The van der Waals surface area contributed by atoms with Gasteiger partial charge in [-0.05, 0) is 12.1 Å². The van der Waals surface area contributed by atoms with Crippen molar-refractivity contribution in [1.82, 2.24) is 9.97 Å². The average Bonchev–Trinajstić information content (AvgIpc) is 2.82. The van der Waals surface area contributed by atoms with Gasteiger partial charge in [0.25, 0.3) is 0 Å². The van der Waals surface area contributed by atoms with Crippen molar-refractivity contribution in [3.8, 4) is 0 Å². The Hall–Kier alpha value is -1.87. The number of aliphatic carboxylic acids is 1. The number of carbonyl (C=O) groups is 1. The molecule has 118 valence electrons. The molecular formula is C12H9ClF3N3O2S. The van der Waals surface area contributed by atoms with Crippen molar-refractivity contribution in [3.63, 3.8) is 0 Å². The van der Waals surface area contributed by atoms with Gasteiger partial charge in [-0.25, -0.2) is 9.97 Å². The molecule has 0 aromatic carbocycles. The Balaban J connectivity index is 2.30. The van der Waals surface area contributed by atoms with E-state index in [-0.39, 0.29) is 16.8 Å². The van der Waals surface area contributed by atoms with E-state index in [9.17, 15) is 18.0 Å². The highest BCUT2D eigenvalue weighted by Gasteiger charge is 2.33. The molecule has 0 spiro atoms. The van der Waals surface area contributed by atoms with Crippen LogP contribution >= 0.6 is 22.9 Å². The van der Waals surface area contributed by atoms with Crippen LogP contribution in [0.1, 0.15) is 10.6 Å². The zero-order valence-corrected chi connectivity index (χ0v) is 12.4. The molecule has 22 heavy (non-hydrogen) atoms. The molecular weight excluding hydrogens is 343 g/mol. The van der Waals surface area contributed by atoms with Crippen molar-refractivity contribution < 1.29 is 23.1 Å². The molecule has 0 unspecified atom stereocenters. The molecule has 0 saturated heterocycles. The highest BCUT2D eigenvalue weighted by atomic mass is 35.5. The first-order valence-corrected chi connectivity index (χ1v) is 7.06. The van der Waals surface area contributed by atoms with Gasteiger partial charge in [-0.15, -0.1) is 11.3 Å². The quantitative estimate of drug-likeness (QED) is 0.895. The predicted molar refractivity (Wildman–Crippen MR) is 75.0 cm³/mol. The molecule has 1 N–H and O–H groups in total. The smallest absolute Gasteiger partial charge is 0.433 e. The number of thiazole rings is 1. The third-order valence-electron chi connectivity index (χ3n) is 2.55. The summed E-state index contributed by atoms with van der Waals surface area (Å²) in [5.74, 6) is -1.27. The fraction of sp³-hybridized carbons (Fsp3) is 0.250. The van der Waals surface area contributed by atoms with Gasteiger partial charge in [0, 0.05) is 11.1 Å². The molecule has 5 nitrogen and oxygen atoms in total. The first-order chi connectivity index (χ1) is 10.3. The number of carboxylic acid groups (broad SMARTS) is 1. The van der Waals surface area contributed by atoms with Crippen LogP contribution in [0.2, 0.25) is 4.47 Å². The monoisotopic (exact) mass is 351 g/mol. The fourth-order valence-corrected chi connectivity index (χ4v) is 2.68. The van der Waals surface area contributed by atoms with Crippen molar-refractivity contribution >= 4 is 34.7 Å². The minimum Gasteiger partial charge on any atom is -0.480 e. The molecule has 2 aromatic heterocycles. The summed E-state index contributed by atoms with van der Waals surface area (Å²) in [4.78, 5) is 20.1. The number of hydrogen-bond donors (Lipinski definition) is 1. The Morgan fingerprint density at radius 2 is 2.14 bits per heavy atom. The van der Waals surface area contributed by atoms with Gasteiger partial charge >= 0.3 is 12.1 Å². The molecule has 0 saturated carbocycles. The third kappa shape index (κ3) is 4.31. The van der Waals surface area contributed by atoms with E-state index in [2.05, 4.69) is 9.97 Å². The van der Waals surface area contributed by atoms with Crippen LogP contribution < -0.4 is 4.90 Å². The molecule has 0 bridgehead atoms. The van der Waals surface area contributed by atoms with Gasteiger partial charge in [-0.3, -0.25) is 4.79 Å². The van der Waals surface area contributed by atoms with Gasteiger partial charge in [-0.1, -0.05) is 17.7 Å². The van der Waals surface area contributed by atoms with E-state index in [1.807, 2.05) is 0 Å². The number of halogens is 4. The first kappa shape index (κ1) is 16.5. The van der Waals surface area contributed by atoms with Crippen LogP contribution in [0.3, 0.4) is 0 Å². The van der Waals surface area contributed by atoms with E-state index >= 15 is 0 Å². The maximum absolute atomic E-state index is 12.7. The minimum absolute atomic E-state index is 0.0466. The second-order valence-corrected chi connectivity index (χ2v) is 5.91. The maximum atomic E-state index is 12.7. The minimum atomic E-state index is -4.60. The third-order valence-corrected chi connectivity index (χ3v) is 3.65. The summed E-state index contributed by atoms with van der Waals surface area (Å²) in [6.07, 6.45) is -3.16. The molecule has 0 aliphatic carbocycles. The fourth-order valence-electron chi connectivity index (χ4n) is 1.68. The molecule has 0 aliphatic rings. The van der Waals surface area contributed by atoms with Gasteiger partial charge in [0.1, 0.15) is 18.1 Å². The normalized spacial score (nSPS) is 11.5. The van der Waals surface area contributed by atoms with Crippen LogP contribution in [0.5, 0.6) is 0 Å². The van der Waals surface area contributed by atoms with Gasteiger partial charge in [-0.2, -0.15) is 13.2 Å². The Morgan fingerprint density at radius 1 is 1.41 bits per heavy atom. The first-order valence-electron chi connectivity index (χ1n) is 5.87. The van der Waals surface area contributed by atoms with Crippen molar-refractivity contribution in [3.05, 3.63) is 39.4 Å². The van der Waals surface area contributed by atoms with Gasteiger partial charge < -0.3 is 10.0 Å². The SMILES string of the molecule is O=C(O)CN(Cc1cnc(Cl)s1)c1cccc(C(F)(F)F)n1. The Bertz CT molecular complexity index is 678. The second kappa shape index (κ2) is 6.49. The van der Waals surface area contributed by atoms with Gasteiger partial charge in [0.15, 0.2) is 4.47 Å². The molecule has 2 heterocycles. The number of aromatic nitrogens is 2. The lowest BCUT2D eigenvalue weighted by molar-refractivity contribution is -0.141. The summed E-state index contributed by atoms with van der Waals surface area (Å²) in [6.45, 7) is -0.450. The van der Waals surface area contributed by atoms with E-state index < -0.39 is 24.4 Å². The summed E-state index contributed by atoms with van der Waals surface area (Å²) in [5.41, 5.74) is -1.08. The van der Waals surface area contributed by atoms with Crippen LogP contribution in [-0.4, -0.2) is 27.6 Å². The van der Waals surface area contributed by atoms with E-state index in [0.29, 0.717) is 4.88 Å². The largest absolute Gasteiger partial charge is 0.480 e. The number of anilines is 1. The number of rotatable bonds is 5. The summed E-state index contributed by atoms with van der Waals surface area (Å²) >= 11 is 6.81. The van der Waals surface area contributed by atoms with Crippen molar-refractivity contribution in [2.75, 3.05) is 11.4 Å². The number of pyridine rings is 1. The van der Waals surface area contributed by atoms with Gasteiger partial charge in [0.2, 0.25) is 0 Å². The predicted octanol–water partition coefficient (Wildman–Crippen LogP) is 3.30. The molecule has 0 radical (unpaired) electrons. The van der Waals surface area contributed by atoms with E-state index in [0.717, 1.165) is 17.4 Å². The van der Waals surface area contributed by atoms with E-state index in [4.69, 9.17) is 16.7 Å². The molecule has 2 aromatic rings. The van der Waals surface area contributed by atoms with Gasteiger partial charge in [0.05, 0.1) is 6.54 Å². The lowest BCUT2D eigenvalue weighted by Gasteiger charge is -2.21. The number of carboxylic acids is 1. The lowest BCUT2D eigenvalue weighted by Crippen LogP contribution is -2.30. The van der Waals surface area contributed by atoms with Crippen LogP contribution in [0.15, 0.2) is 24.4 Å². The number of nitrogens with zero attached hydrogens (tertiary/aromatic N) is 3. The topological polar surface area (TPSA) is 66.3 Å². The molecule has 2 rings (SSSR count). The van der Waals surface area contributed by atoms with Crippen molar-refractivity contribution in [2.24, 2.45) is 0 Å². The average molecular weight is 352 g/mol. The Labute approximate surface area is 132 Å². The number of hydrogen-bond acceptors (Lipinski definition) is 5. The molecule has 10 heteroatoms. The molecule has 0 fully saturated rings. The van der Waals surface area contributed by atoms with Crippen LogP contribution in [0.4, 0.5) is 19.0 Å². The molecule has 0 aliphatic heterocycles. The maximum Gasteiger partial charge on any atom is 0.433 e. The lowest BCUT2D eigenvalue weighted by atomic mass is 10.3. The van der Waals surface area contributed by atoms with Crippen LogP contribution in [0, 0.1) is 0 Å².